The fourth-order valence-electron chi connectivity index (χ4n) is 5.32. The number of benzene rings is 3. The summed E-state index contributed by atoms with van der Waals surface area (Å²) < 4.78 is 55.4. The van der Waals surface area contributed by atoms with Gasteiger partial charge in [0, 0.05) is 11.6 Å². The van der Waals surface area contributed by atoms with Gasteiger partial charge in [0.2, 0.25) is 0 Å². The molecule has 1 fully saturated rings. The molecule has 0 saturated heterocycles. The lowest BCUT2D eigenvalue weighted by Gasteiger charge is -2.32. The van der Waals surface area contributed by atoms with Crippen LogP contribution in [0.1, 0.15) is 73.7 Å². The molecule has 4 rings (SSSR count). The Balaban J connectivity index is 1.40. The molecule has 0 amide bonds. The van der Waals surface area contributed by atoms with Crippen LogP contribution in [0.4, 0.5) is 13.2 Å². The number of esters is 1. The van der Waals surface area contributed by atoms with Gasteiger partial charge in [-0.25, -0.2) is 18.0 Å². The predicted molar refractivity (Wildman–Crippen MR) is 149 cm³/mol. The van der Waals surface area contributed by atoms with Crippen molar-refractivity contribution < 1.29 is 32.5 Å². The summed E-state index contributed by atoms with van der Waals surface area (Å²) in [6.07, 6.45) is 6.67. The molecule has 7 heteroatoms. The zero-order valence-corrected chi connectivity index (χ0v) is 22.7. The molecule has 4 nitrogen and oxygen atoms in total. The summed E-state index contributed by atoms with van der Waals surface area (Å²) in [4.78, 5) is 12.5. The highest BCUT2D eigenvalue weighted by Crippen LogP contribution is 2.40. The van der Waals surface area contributed by atoms with Gasteiger partial charge in [-0.15, -0.1) is 6.58 Å². The normalized spacial score (nSPS) is 17.7. The Hall–Kier alpha value is -3.58. The molecule has 0 aliphatic heterocycles. The van der Waals surface area contributed by atoms with Crippen molar-refractivity contribution in [1.29, 1.82) is 0 Å². The second-order valence-electron chi connectivity index (χ2n) is 10.3. The standard InChI is InChI=1S/C33H35F3O4/c1-3-5-19-39-25-15-16-28(29(34)20-25)33(38)40-24-13-11-22(12-14-24)27-18-17-26(31(35)32(27)36)21-7-9-23(10-8-21)30(37)6-4-2/h3,11-18,20-21,23,30,37H,1,4-10,19H2,2H3. The molecule has 0 bridgehead atoms. The number of halogens is 3. The molecular weight excluding hydrogens is 517 g/mol. The summed E-state index contributed by atoms with van der Waals surface area (Å²) in [5.41, 5.74) is 0.637. The first kappa shape index (κ1) is 29.4. The minimum atomic E-state index is -0.923. The van der Waals surface area contributed by atoms with E-state index in [0.29, 0.717) is 42.7 Å². The van der Waals surface area contributed by atoms with Crippen LogP contribution in [0.3, 0.4) is 0 Å². The van der Waals surface area contributed by atoms with Crippen LogP contribution in [0.25, 0.3) is 11.1 Å². The first-order chi connectivity index (χ1) is 19.3. The molecule has 0 aromatic heterocycles. The lowest BCUT2D eigenvalue weighted by molar-refractivity contribution is 0.0724. The highest BCUT2D eigenvalue weighted by atomic mass is 19.2. The van der Waals surface area contributed by atoms with Crippen LogP contribution in [0, 0.1) is 23.4 Å². The number of hydrogen-bond donors (Lipinski definition) is 1. The molecule has 1 atom stereocenters. The van der Waals surface area contributed by atoms with E-state index < -0.39 is 23.4 Å². The van der Waals surface area contributed by atoms with Crippen molar-refractivity contribution in [2.45, 2.75) is 63.9 Å². The zero-order valence-electron chi connectivity index (χ0n) is 22.7. The quantitative estimate of drug-likeness (QED) is 0.112. The van der Waals surface area contributed by atoms with Gasteiger partial charge in [-0.05, 0) is 85.8 Å². The van der Waals surface area contributed by atoms with E-state index in [1.54, 1.807) is 18.2 Å². The molecule has 1 unspecified atom stereocenters. The molecule has 0 heterocycles. The Morgan fingerprint density at radius 2 is 1.70 bits per heavy atom. The van der Waals surface area contributed by atoms with Crippen LogP contribution in [0.5, 0.6) is 11.5 Å². The monoisotopic (exact) mass is 552 g/mol. The topological polar surface area (TPSA) is 55.8 Å². The second-order valence-corrected chi connectivity index (χ2v) is 10.3. The Kier molecular flexibility index (Phi) is 10.0. The predicted octanol–water partition coefficient (Wildman–Crippen LogP) is 8.38. The maximum Gasteiger partial charge on any atom is 0.346 e. The van der Waals surface area contributed by atoms with Crippen LogP contribution in [0.15, 0.2) is 67.3 Å². The third kappa shape index (κ3) is 6.94. The fraction of sp³-hybridized carbons (Fsp3) is 0.364. The largest absolute Gasteiger partial charge is 0.493 e. The van der Waals surface area contributed by atoms with Crippen LogP contribution < -0.4 is 9.47 Å². The Labute approximate surface area is 233 Å². The van der Waals surface area contributed by atoms with E-state index in [-0.39, 0.29) is 34.8 Å². The van der Waals surface area contributed by atoms with Gasteiger partial charge in [-0.2, -0.15) is 0 Å². The molecular formula is C33H35F3O4. The van der Waals surface area contributed by atoms with Crippen LogP contribution in [-0.4, -0.2) is 23.8 Å². The highest BCUT2D eigenvalue weighted by molar-refractivity contribution is 5.91. The van der Waals surface area contributed by atoms with Crippen molar-refractivity contribution in [3.8, 4) is 22.6 Å². The van der Waals surface area contributed by atoms with Gasteiger partial charge in [-0.1, -0.05) is 43.7 Å². The number of aliphatic hydroxyl groups excluding tert-OH is 1. The van der Waals surface area contributed by atoms with Gasteiger partial charge in [0.15, 0.2) is 11.6 Å². The second kappa shape index (κ2) is 13.7. The van der Waals surface area contributed by atoms with Crippen molar-refractivity contribution in [1.82, 2.24) is 0 Å². The Bertz CT molecular complexity index is 1310. The molecule has 1 aliphatic rings. The summed E-state index contributed by atoms with van der Waals surface area (Å²) in [7, 11) is 0. The smallest absolute Gasteiger partial charge is 0.346 e. The van der Waals surface area contributed by atoms with Crippen molar-refractivity contribution in [2.75, 3.05) is 6.61 Å². The summed E-state index contributed by atoms with van der Waals surface area (Å²) in [6, 6.07) is 13.0. The average molecular weight is 553 g/mol. The number of hydrogen-bond acceptors (Lipinski definition) is 4. The minimum Gasteiger partial charge on any atom is -0.493 e. The molecule has 1 saturated carbocycles. The van der Waals surface area contributed by atoms with Crippen molar-refractivity contribution in [2.24, 2.45) is 5.92 Å². The van der Waals surface area contributed by atoms with E-state index in [9.17, 15) is 14.3 Å². The van der Waals surface area contributed by atoms with Crippen molar-refractivity contribution in [3.63, 3.8) is 0 Å². The van der Waals surface area contributed by atoms with E-state index in [2.05, 4.69) is 6.58 Å². The van der Waals surface area contributed by atoms with Crippen LogP contribution >= 0.6 is 0 Å². The first-order valence-electron chi connectivity index (χ1n) is 13.8. The lowest BCUT2D eigenvalue weighted by Crippen LogP contribution is -2.25. The van der Waals surface area contributed by atoms with Gasteiger partial charge < -0.3 is 14.6 Å². The third-order valence-electron chi connectivity index (χ3n) is 7.58. The summed E-state index contributed by atoms with van der Waals surface area (Å²) in [6.45, 7) is 5.98. The van der Waals surface area contributed by atoms with E-state index in [1.807, 2.05) is 6.92 Å². The molecule has 3 aromatic rings. The number of aliphatic hydroxyl groups is 1. The molecule has 3 aromatic carbocycles. The SMILES string of the molecule is C=CCCOc1ccc(C(=O)Oc2ccc(-c3ccc(C4CCC(C(O)CCC)CC4)c(F)c3F)cc2)c(F)c1. The molecule has 40 heavy (non-hydrogen) atoms. The maximum atomic E-state index is 15.2. The molecule has 0 radical (unpaired) electrons. The molecule has 1 N–H and O–H groups in total. The van der Waals surface area contributed by atoms with Gasteiger partial charge in [-0.3, -0.25) is 0 Å². The van der Waals surface area contributed by atoms with Gasteiger partial charge in [0.25, 0.3) is 0 Å². The average Bonchev–Trinajstić information content (AvgIpc) is 2.95. The van der Waals surface area contributed by atoms with Gasteiger partial charge in [0.1, 0.15) is 17.3 Å². The van der Waals surface area contributed by atoms with Crippen LogP contribution in [-0.2, 0) is 0 Å². The van der Waals surface area contributed by atoms with Crippen molar-refractivity contribution >= 4 is 5.97 Å². The maximum absolute atomic E-state index is 15.2. The number of carbonyl (C=O) groups is 1. The zero-order chi connectivity index (χ0) is 28.6. The third-order valence-corrected chi connectivity index (χ3v) is 7.58. The van der Waals surface area contributed by atoms with E-state index in [1.165, 1.54) is 36.4 Å². The van der Waals surface area contributed by atoms with Crippen LogP contribution in [0.2, 0.25) is 0 Å². The van der Waals surface area contributed by atoms with E-state index >= 15 is 8.78 Å². The molecule has 1 aliphatic carbocycles. The summed E-state index contributed by atoms with van der Waals surface area (Å²) in [5, 5.41) is 10.3. The van der Waals surface area contributed by atoms with E-state index in [0.717, 1.165) is 31.7 Å². The summed E-state index contributed by atoms with van der Waals surface area (Å²) in [5.74, 6) is -2.87. The molecule has 212 valence electrons. The van der Waals surface area contributed by atoms with Crippen molar-refractivity contribution in [3.05, 3.63) is 95.8 Å². The number of carbonyl (C=O) groups excluding carboxylic acids is 1. The number of rotatable bonds is 11. The Morgan fingerprint density at radius 3 is 2.35 bits per heavy atom. The molecule has 0 spiro atoms. The fourth-order valence-corrected chi connectivity index (χ4v) is 5.32. The number of ether oxygens (including phenoxy) is 2. The van der Waals surface area contributed by atoms with Gasteiger partial charge in [0.05, 0.1) is 18.3 Å². The lowest BCUT2D eigenvalue weighted by atomic mass is 9.75. The highest BCUT2D eigenvalue weighted by Gasteiger charge is 2.29. The van der Waals surface area contributed by atoms with E-state index in [4.69, 9.17) is 9.47 Å². The summed E-state index contributed by atoms with van der Waals surface area (Å²) >= 11 is 0. The van der Waals surface area contributed by atoms with Gasteiger partial charge >= 0.3 is 5.97 Å². The Morgan fingerprint density at radius 1 is 1.00 bits per heavy atom. The minimum absolute atomic E-state index is 0.0800. The first-order valence-corrected chi connectivity index (χ1v) is 13.8.